The maximum absolute atomic E-state index is 12.4. The SMILES string of the molecule is Cn1ccc(NC(=O)c2ccc(-c3ccccc3Br)n2C)n1. The number of aromatic nitrogens is 3. The number of hydrogen-bond donors (Lipinski definition) is 1. The van der Waals surface area contributed by atoms with Crippen LogP contribution >= 0.6 is 15.9 Å². The lowest BCUT2D eigenvalue weighted by Gasteiger charge is -2.09. The van der Waals surface area contributed by atoms with E-state index in [1.54, 1.807) is 16.9 Å². The first kappa shape index (κ1) is 14.6. The number of rotatable bonds is 3. The Morgan fingerprint density at radius 1 is 1.14 bits per heavy atom. The Kier molecular flexibility index (Phi) is 3.85. The van der Waals surface area contributed by atoms with E-state index < -0.39 is 0 Å². The van der Waals surface area contributed by atoms with Gasteiger partial charge < -0.3 is 9.88 Å². The Balaban J connectivity index is 1.90. The molecule has 0 aliphatic carbocycles. The van der Waals surface area contributed by atoms with Crippen molar-refractivity contribution in [3.63, 3.8) is 0 Å². The maximum atomic E-state index is 12.4. The summed E-state index contributed by atoms with van der Waals surface area (Å²) in [4.78, 5) is 12.4. The Morgan fingerprint density at radius 3 is 2.59 bits per heavy atom. The first-order chi connectivity index (χ1) is 10.6. The van der Waals surface area contributed by atoms with Gasteiger partial charge in [0.1, 0.15) is 5.69 Å². The second-order valence-electron chi connectivity index (χ2n) is 4.97. The van der Waals surface area contributed by atoms with Crippen LogP contribution in [0, 0.1) is 0 Å². The molecule has 0 fully saturated rings. The van der Waals surface area contributed by atoms with E-state index in [-0.39, 0.29) is 5.91 Å². The number of aryl methyl sites for hydroxylation is 1. The van der Waals surface area contributed by atoms with Crippen molar-refractivity contribution in [1.29, 1.82) is 0 Å². The van der Waals surface area contributed by atoms with Crippen molar-refractivity contribution >= 4 is 27.7 Å². The smallest absolute Gasteiger partial charge is 0.273 e. The van der Waals surface area contributed by atoms with Gasteiger partial charge in [-0.15, -0.1) is 0 Å². The molecule has 0 atom stereocenters. The minimum Gasteiger partial charge on any atom is -0.340 e. The van der Waals surface area contributed by atoms with Crippen LogP contribution in [0.25, 0.3) is 11.3 Å². The van der Waals surface area contributed by atoms with Crippen molar-refractivity contribution in [2.75, 3.05) is 5.32 Å². The van der Waals surface area contributed by atoms with Crippen LogP contribution in [0.1, 0.15) is 10.5 Å². The number of benzene rings is 1. The largest absolute Gasteiger partial charge is 0.340 e. The second kappa shape index (κ2) is 5.81. The zero-order valence-electron chi connectivity index (χ0n) is 12.2. The quantitative estimate of drug-likeness (QED) is 0.779. The van der Waals surface area contributed by atoms with Gasteiger partial charge >= 0.3 is 0 Å². The third-order valence-electron chi connectivity index (χ3n) is 3.46. The lowest BCUT2D eigenvalue weighted by Crippen LogP contribution is -2.16. The van der Waals surface area contributed by atoms with Gasteiger partial charge in [0.15, 0.2) is 5.82 Å². The van der Waals surface area contributed by atoms with E-state index in [9.17, 15) is 4.79 Å². The lowest BCUT2D eigenvalue weighted by atomic mass is 10.1. The molecule has 1 aromatic carbocycles. The van der Waals surface area contributed by atoms with Crippen molar-refractivity contribution < 1.29 is 4.79 Å². The fourth-order valence-electron chi connectivity index (χ4n) is 2.34. The molecule has 3 aromatic rings. The molecule has 0 aliphatic rings. The highest BCUT2D eigenvalue weighted by molar-refractivity contribution is 9.10. The number of carbonyl (C=O) groups excluding carboxylic acids is 1. The molecule has 2 heterocycles. The van der Waals surface area contributed by atoms with Gasteiger partial charge in [0.25, 0.3) is 5.91 Å². The van der Waals surface area contributed by atoms with E-state index in [4.69, 9.17) is 0 Å². The van der Waals surface area contributed by atoms with Gasteiger partial charge in [-0.05, 0) is 18.2 Å². The summed E-state index contributed by atoms with van der Waals surface area (Å²) in [6.07, 6.45) is 1.78. The van der Waals surface area contributed by atoms with Crippen molar-refractivity contribution in [2.45, 2.75) is 0 Å². The standard InChI is InChI=1S/C16H15BrN4O/c1-20-10-9-15(19-20)18-16(22)14-8-7-13(21(14)2)11-5-3-4-6-12(11)17/h3-10H,1-2H3,(H,18,19,22). The Bertz CT molecular complexity index is 834. The van der Waals surface area contributed by atoms with E-state index in [0.29, 0.717) is 11.5 Å². The number of amides is 1. The predicted molar refractivity (Wildman–Crippen MR) is 89.7 cm³/mol. The van der Waals surface area contributed by atoms with Gasteiger partial charge in [0, 0.05) is 42.1 Å². The van der Waals surface area contributed by atoms with Crippen molar-refractivity contribution in [2.24, 2.45) is 14.1 Å². The highest BCUT2D eigenvalue weighted by Gasteiger charge is 2.15. The average molecular weight is 359 g/mol. The minimum atomic E-state index is -0.181. The summed E-state index contributed by atoms with van der Waals surface area (Å²) in [5.41, 5.74) is 2.59. The third kappa shape index (κ3) is 2.69. The molecular weight excluding hydrogens is 344 g/mol. The van der Waals surface area contributed by atoms with E-state index in [1.165, 1.54) is 0 Å². The van der Waals surface area contributed by atoms with Gasteiger partial charge in [-0.1, -0.05) is 34.1 Å². The molecular formula is C16H15BrN4O. The summed E-state index contributed by atoms with van der Waals surface area (Å²) in [5, 5.41) is 6.95. The van der Waals surface area contributed by atoms with Crippen LogP contribution in [0.5, 0.6) is 0 Å². The molecule has 5 nitrogen and oxygen atoms in total. The molecule has 22 heavy (non-hydrogen) atoms. The number of anilines is 1. The highest BCUT2D eigenvalue weighted by Crippen LogP contribution is 2.29. The zero-order valence-corrected chi connectivity index (χ0v) is 13.8. The number of carbonyl (C=O) groups is 1. The summed E-state index contributed by atoms with van der Waals surface area (Å²) in [6.45, 7) is 0. The van der Waals surface area contributed by atoms with Crippen LogP contribution in [0.15, 0.2) is 53.1 Å². The van der Waals surface area contributed by atoms with Crippen LogP contribution < -0.4 is 5.32 Å². The fraction of sp³-hybridized carbons (Fsp3) is 0.125. The van der Waals surface area contributed by atoms with E-state index >= 15 is 0 Å². The number of halogens is 1. The molecule has 2 aromatic heterocycles. The molecule has 1 amide bonds. The van der Waals surface area contributed by atoms with Crippen molar-refractivity contribution in [3.8, 4) is 11.3 Å². The second-order valence-corrected chi connectivity index (χ2v) is 5.83. The van der Waals surface area contributed by atoms with Gasteiger partial charge in [-0.2, -0.15) is 5.10 Å². The van der Waals surface area contributed by atoms with Crippen LogP contribution in [0.4, 0.5) is 5.82 Å². The first-order valence-electron chi connectivity index (χ1n) is 6.78. The Labute approximate surface area is 136 Å². The topological polar surface area (TPSA) is 51.9 Å². The van der Waals surface area contributed by atoms with E-state index in [2.05, 4.69) is 26.3 Å². The van der Waals surface area contributed by atoms with Crippen LogP contribution in [-0.2, 0) is 14.1 Å². The summed E-state index contributed by atoms with van der Waals surface area (Å²) in [6, 6.07) is 13.4. The van der Waals surface area contributed by atoms with Crippen molar-refractivity contribution in [1.82, 2.24) is 14.3 Å². The number of nitrogens with one attached hydrogen (secondary N) is 1. The summed E-state index contributed by atoms with van der Waals surface area (Å²) < 4.78 is 4.51. The molecule has 6 heteroatoms. The first-order valence-corrected chi connectivity index (χ1v) is 7.57. The zero-order chi connectivity index (χ0) is 15.7. The van der Waals surface area contributed by atoms with Gasteiger partial charge in [0.2, 0.25) is 0 Å². The van der Waals surface area contributed by atoms with Crippen molar-refractivity contribution in [3.05, 3.63) is 58.8 Å². The van der Waals surface area contributed by atoms with E-state index in [0.717, 1.165) is 15.7 Å². The van der Waals surface area contributed by atoms with Crippen LogP contribution in [0.3, 0.4) is 0 Å². The monoisotopic (exact) mass is 358 g/mol. The maximum Gasteiger partial charge on any atom is 0.273 e. The fourth-order valence-corrected chi connectivity index (χ4v) is 2.83. The average Bonchev–Trinajstić information content (AvgIpc) is 3.06. The molecule has 0 spiro atoms. The number of hydrogen-bond acceptors (Lipinski definition) is 2. The molecule has 0 radical (unpaired) electrons. The third-order valence-corrected chi connectivity index (χ3v) is 4.15. The lowest BCUT2D eigenvalue weighted by molar-refractivity contribution is 0.101. The molecule has 0 aliphatic heterocycles. The molecule has 0 saturated heterocycles. The summed E-state index contributed by atoms with van der Waals surface area (Å²) in [5.74, 6) is 0.357. The summed E-state index contributed by atoms with van der Waals surface area (Å²) in [7, 11) is 3.69. The Morgan fingerprint density at radius 2 is 1.91 bits per heavy atom. The predicted octanol–water partition coefficient (Wildman–Crippen LogP) is 3.44. The summed E-state index contributed by atoms with van der Waals surface area (Å²) >= 11 is 3.54. The van der Waals surface area contributed by atoms with Crippen LogP contribution in [0.2, 0.25) is 0 Å². The molecule has 112 valence electrons. The molecule has 0 bridgehead atoms. The molecule has 0 saturated carbocycles. The van der Waals surface area contributed by atoms with Gasteiger partial charge in [-0.3, -0.25) is 9.48 Å². The van der Waals surface area contributed by atoms with Crippen LogP contribution in [-0.4, -0.2) is 20.3 Å². The molecule has 3 rings (SSSR count). The van der Waals surface area contributed by atoms with Gasteiger partial charge in [-0.25, -0.2) is 0 Å². The minimum absolute atomic E-state index is 0.181. The normalized spacial score (nSPS) is 10.7. The Hall–Kier alpha value is -2.34. The highest BCUT2D eigenvalue weighted by atomic mass is 79.9. The van der Waals surface area contributed by atoms with E-state index in [1.807, 2.05) is 55.1 Å². The van der Waals surface area contributed by atoms with Gasteiger partial charge in [0.05, 0.1) is 0 Å². The molecule has 1 N–H and O–H groups in total. The molecule has 0 unspecified atom stereocenters. The number of nitrogens with zero attached hydrogens (tertiary/aromatic N) is 3.